The van der Waals surface area contributed by atoms with Crippen LogP contribution in [0.5, 0.6) is 0 Å². The summed E-state index contributed by atoms with van der Waals surface area (Å²) >= 11 is 0. The number of ether oxygens (including phenoxy) is 1. The number of aryl methyl sites for hydroxylation is 2. The monoisotopic (exact) mass is 409 g/mol. The summed E-state index contributed by atoms with van der Waals surface area (Å²) in [6, 6.07) is 17.3. The maximum Gasteiger partial charge on any atom is 0.328 e. The van der Waals surface area contributed by atoms with Gasteiger partial charge >= 0.3 is 5.97 Å². The molecule has 1 atom stereocenters. The number of rotatable bonds is 12. The van der Waals surface area contributed by atoms with E-state index in [1.807, 2.05) is 54.6 Å². The summed E-state index contributed by atoms with van der Waals surface area (Å²) in [6.07, 6.45) is 5.76. The van der Waals surface area contributed by atoms with Crippen LogP contribution in [0.3, 0.4) is 0 Å². The number of nitrogens with one attached hydrogen (secondary N) is 1. The fraction of sp³-hybridized carbons (Fsp3) is 0.375. The highest BCUT2D eigenvalue weighted by molar-refractivity contribution is 5.84. The molecule has 0 aliphatic rings. The molecule has 6 heteroatoms. The Kier molecular flexibility index (Phi) is 10.1. The second-order valence-corrected chi connectivity index (χ2v) is 7.12. The minimum Gasteiger partial charge on any atom is -0.464 e. The molecule has 0 fully saturated rings. The predicted octanol–water partition coefficient (Wildman–Crippen LogP) is 3.37. The van der Waals surface area contributed by atoms with E-state index in [4.69, 9.17) is 10.6 Å². The first-order valence-corrected chi connectivity index (χ1v) is 10.4. The van der Waals surface area contributed by atoms with E-state index in [1.54, 1.807) is 13.1 Å². The van der Waals surface area contributed by atoms with Crippen LogP contribution in [-0.4, -0.2) is 30.7 Å². The first-order valence-electron chi connectivity index (χ1n) is 10.4. The fourth-order valence-corrected chi connectivity index (χ4v) is 3.19. The van der Waals surface area contributed by atoms with Crippen molar-refractivity contribution in [3.05, 3.63) is 71.3 Å². The van der Waals surface area contributed by atoms with Gasteiger partial charge in [0.05, 0.1) is 12.8 Å². The average molecular weight is 410 g/mol. The van der Waals surface area contributed by atoms with Crippen molar-refractivity contribution in [1.82, 2.24) is 5.32 Å². The number of hydrogen-bond donors (Lipinski definition) is 2. The van der Waals surface area contributed by atoms with Crippen molar-refractivity contribution in [1.29, 1.82) is 0 Å². The molecule has 2 aromatic rings. The maximum absolute atomic E-state index is 12.4. The van der Waals surface area contributed by atoms with Crippen LogP contribution in [0.15, 0.2) is 59.7 Å². The van der Waals surface area contributed by atoms with Gasteiger partial charge in [-0.2, -0.15) is 5.10 Å². The van der Waals surface area contributed by atoms with Crippen molar-refractivity contribution in [2.75, 3.05) is 6.61 Å². The van der Waals surface area contributed by atoms with E-state index < -0.39 is 6.04 Å². The van der Waals surface area contributed by atoms with Gasteiger partial charge in [-0.1, -0.05) is 54.6 Å². The van der Waals surface area contributed by atoms with Gasteiger partial charge in [0.1, 0.15) is 6.04 Å². The van der Waals surface area contributed by atoms with E-state index >= 15 is 0 Å². The summed E-state index contributed by atoms with van der Waals surface area (Å²) in [6.45, 7) is 2.07. The number of hydrogen-bond acceptors (Lipinski definition) is 5. The van der Waals surface area contributed by atoms with Crippen molar-refractivity contribution >= 4 is 18.1 Å². The van der Waals surface area contributed by atoms with Gasteiger partial charge in [-0.05, 0) is 55.7 Å². The molecule has 0 saturated carbocycles. The van der Waals surface area contributed by atoms with Gasteiger partial charge in [0.2, 0.25) is 5.91 Å². The smallest absolute Gasteiger partial charge is 0.328 e. The van der Waals surface area contributed by atoms with Crippen LogP contribution in [0.4, 0.5) is 0 Å². The number of benzene rings is 2. The highest BCUT2D eigenvalue weighted by Crippen LogP contribution is 2.10. The number of amides is 1. The van der Waals surface area contributed by atoms with E-state index in [9.17, 15) is 9.59 Å². The first-order chi connectivity index (χ1) is 14.6. The SMILES string of the molecule is CCOC(=O)C(CCc1ccccc1)NC(=O)CCCCc1ccc(C=NN)cc1. The molecule has 160 valence electrons. The van der Waals surface area contributed by atoms with Crippen LogP contribution in [0.1, 0.15) is 49.3 Å². The standard InChI is InChI=1S/C24H31N3O3/c1-2-30-24(29)22(17-16-19-8-4-3-5-9-19)27-23(28)11-7-6-10-20-12-14-21(15-13-20)18-26-25/h3-5,8-9,12-15,18,22H,2,6-7,10-11,16-17,25H2,1H3,(H,27,28). The number of nitrogens with two attached hydrogens (primary N) is 1. The summed E-state index contributed by atoms with van der Waals surface area (Å²) in [5.41, 5.74) is 3.29. The van der Waals surface area contributed by atoms with Crippen molar-refractivity contribution in [3.8, 4) is 0 Å². The van der Waals surface area contributed by atoms with E-state index in [0.29, 0.717) is 25.9 Å². The van der Waals surface area contributed by atoms with E-state index in [1.165, 1.54) is 5.56 Å². The van der Waals surface area contributed by atoms with Crippen molar-refractivity contribution < 1.29 is 14.3 Å². The Morgan fingerprint density at radius 3 is 2.40 bits per heavy atom. The molecule has 6 nitrogen and oxygen atoms in total. The molecule has 0 aromatic heterocycles. The van der Waals surface area contributed by atoms with Crippen molar-refractivity contribution in [2.24, 2.45) is 10.9 Å². The molecule has 0 radical (unpaired) electrons. The quantitative estimate of drug-likeness (QED) is 0.185. The normalized spacial score (nSPS) is 11.9. The summed E-state index contributed by atoms with van der Waals surface area (Å²) in [4.78, 5) is 24.6. The van der Waals surface area contributed by atoms with Crippen LogP contribution in [0.2, 0.25) is 0 Å². The van der Waals surface area contributed by atoms with Crippen LogP contribution < -0.4 is 11.2 Å². The second kappa shape index (κ2) is 13.1. The Bertz CT molecular complexity index is 804. The highest BCUT2D eigenvalue weighted by Gasteiger charge is 2.21. The Balaban J connectivity index is 1.76. The minimum absolute atomic E-state index is 0.115. The molecule has 1 unspecified atom stereocenters. The molecule has 3 N–H and O–H groups in total. The number of nitrogens with zero attached hydrogens (tertiary/aromatic N) is 1. The summed E-state index contributed by atoms with van der Waals surface area (Å²) in [5.74, 6) is 4.66. The van der Waals surface area contributed by atoms with E-state index in [0.717, 1.165) is 30.4 Å². The number of hydrazone groups is 1. The van der Waals surface area contributed by atoms with Crippen LogP contribution in [0.25, 0.3) is 0 Å². The van der Waals surface area contributed by atoms with Crippen LogP contribution in [-0.2, 0) is 27.2 Å². The molecule has 0 bridgehead atoms. The maximum atomic E-state index is 12.4. The van der Waals surface area contributed by atoms with Gasteiger partial charge < -0.3 is 15.9 Å². The lowest BCUT2D eigenvalue weighted by molar-refractivity contribution is -0.147. The third-order valence-electron chi connectivity index (χ3n) is 4.79. The Hall–Kier alpha value is -3.15. The molecule has 30 heavy (non-hydrogen) atoms. The molecule has 0 aliphatic carbocycles. The average Bonchev–Trinajstić information content (AvgIpc) is 2.76. The topological polar surface area (TPSA) is 93.8 Å². The first kappa shape index (κ1) is 23.1. The summed E-state index contributed by atoms with van der Waals surface area (Å²) in [7, 11) is 0. The third kappa shape index (κ3) is 8.47. The third-order valence-corrected chi connectivity index (χ3v) is 4.79. The van der Waals surface area contributed by atoms with Gasteiger partial charge in [0, 0.05) is 6.42 Å². The fourth-order valence-electron chi connectivity index (χ4n) is 3.19. The molecule has 0 saturated heterocycles. The van der Waals surface area contributed by atoms with Crippen LogP contribution >= 0.6 is 0 Å². The lowest BCUT2D eigenvalue weighted by atomic mass is 10.0. The molecule has 1 amide bonds. The number of carbonyl (C=O) groups is 2. The van der Waals surface area contributed by atoms with Gasteiger partial charge in [-0.3, -0.25) is 4.79 Å². The number of esters is 1. The van der Waals surface area contributed by atoms with Gasteiger partial charge in [0.25, 0.3) is 0 Å². The Labute approximate surface area is 178 Å². The molecule has 0 heterocycles. The van der Waals surface area contributed by atoms with Crippen molar-refractivity contribution in [2.45, 2.75) is 51.5 Å². The molecule has 2 aromatic carbocycles. The summed E-state index contributed by atoms with van der Waals surface area (Å²) < 4.78 is 5.13. The highest BCUT2D eigenvalue weighted by atomic mass is 16.5. The largest absolute Gasteiger partial charge is 0.464 e. The summed E-state index contributed by atoms with van der Waals surface area (Å²) in [5, 5.41) is 6.36. The van der Waals surface area contributed by atoms with Crippen LogP contribution in [0, 0.1) is 0 Å². The van der Waals surface area contributed by atoms with Gasteiger partial charge in [0.15, 0.2) is 0 Å². The molecule has 2 rings (SSSR count). The Morgan fingerprint density at radius 2 is 1.73 bits per heavy atom. The predicted molar refractivity (Wildman–Crippen MR) is 119 cm³/mol. The van der Waals surface area contributed by atoms with Gasteiger partial charge in [-0.15, -0.1) is 0 Å². The molecular weight excluding hydrogens is 378 g/mol. The number of unbranched alkanes of at least 4 members (excludes halogenated alkanes) is 1. The lowest BCUT2D eigenvalue weighted by Crippen LogP contribution is -2.42. The van der Waals surface area contributed by atoms with E-state index in [-0.39, 0.29) is 11.9 Å². The number of carbonyl (C=O) groups excluding carboxylic acids is 2. The molecule has 0 aliphatic heterocycles. The zero-order valence-corrected chi connectivity index (χ0v) is 17.5. The molecule has 0 spiro atoms. The van der Waals surface area contributed by atoms with E-state index in [2.05, 4.69) is 10.4 Å². The van der Waals surface area contributed by atoms with Gasteiger partial charge in [-0.25, -0.2) is 4.79 Å². The van der Waals surface area contributed by atoms with Crippen molar-refractivity contribution in [3.63, 3.8) is 0 Å². The molecular formula is C24H31N3O3. The lowest BCUT2D eigenvalue weighted by Gasteiger charge is -2.17. The zero-order valence-electron chi connectivity index (χ0n) is 17.5. The minimum atomic E-state index is -0.616. The zero-order chi connectivity index (χ0) is 21.6. The second-order valence-electron chi connectivity index (χ2n) is 7.12. The Morgan fingerprint density at radius 1 is 1.03 bits per heavy atom.